The summed E-state index contributed by atoms with van der Waals surface area (Å²) in [6.45, 7) is 0.0278. The second kappa shape index (κ2) is 5.88. The van der Waals surface area contributed by atoms with E-state index in [2.05, 4.69) is 0 Å². The zero-order chi connectivity index (χ0) is 4.99. The van der Waals surface area contributed by atoms with Gasteiger partial charge < -0.3 is 5.11 Å². The van der Waals surface area contributed by atoms with Crippen molar-refractivity contribution < 1.29 is 27.1 Å². The van der Waals surface area contributed by atoms with Gasteiger partial charge in [0.2, 0.25) is 0 Å². The number of hydrogen-bond acceptors (Lipinski definition) is 3. The van der Waals surface area contributed by atoms with Crippen LogP contribution < -0.4 is 0 Å². The zero-order valence-corrected chi connectivity index (χ0v) is 4.24. The molecule has 0 aromatic rings. The Morgan fingerprint density at radius 1 is 1.86 bits per heavy atom. The van der Waals surface area contributed by atoms with Crippen molar-refractivity contribution >= 4 is 0 Å². The van der Waals surface area contributed by atoms with Crippen LogP contribution in [0.4, 0.5) is 0 Å². The van der Waals surface area contributed by atoms with Crippen LogP contribution in [-0.2, 0) is 17.1 Å². The van der Waals surface area contributed by atoms with Gasteiger partial charge in [0.25, 0.3) is 0 Å². The molecular weight excluding hydrogens is 150 g/mol. The largest absolute Gasteiger partial charge is 1.00 e. The van der Waals surface area contributed by atoms with E-state index in [1.165, 1.54) is 0 Å². The van der Waals surface area contributed by atoms with Crippen LogP contribution in [-0.4, -0.2) is 16.6 Å². The SMILES string of the molecule is O=[N+]([O-])C[CH-]O.[Cu+]. The maximum absolute atomic E-state index is 9.21. The Bertz CT molecular complexity index is 56.9. The van der Waals surface area contributed by atoms with Gasteiger partial charge in [-0.3, -0.25) is 10.1 Å². The van der Waals surface area contributed by atoms with Gasteiger partial charge in [0.1, 0.15) is 6.54 Å². The molecule has 7 heavy (non-hydrogen) atoms. The van der Waals surface area contributed by atoms with Gasteiger partial charge in [0.15, 0.2) is 0 Å². The summed E-state index contributed by atoms with van der Waals surface area (Å²) in [6.07, 6.45) is 0. The topological polar surface area (TPSA) is 63.4 Å². The average molecular weight is 154 g/mol. The molecule has 5 heteroatoms. The maximum Gasteiger partial charge on any atom is 1.00 e. The van der Waals surface area contributed by atoms with Crippen LogP contribution in [0.1, 0.15) is 0 Å². The first-order chi connectivity index (χ1) is 2.77. The predicted octanol–water partition coefficient (Wildman–Crippen LogP) is -0.205. The maximum atomic E-state index is 9.21. The first-order valence-electron chi connectivity index (χ1n) is 1.35. The first-order valence-corrected chi connectivity index (χ1v) is 1.35. The Morgan fingerprint density at radius 3 is 2.29 bits per heavy atom. The van der Waals surface area contributed by atoms with Gasteiger partial charge in [-0.1, -0.05) is 0 Å². The van der Waals surface area contributed by atoms with Crippen molar-refractivity contribution in [3.63, 3.8) is 0 Å². The molecule has 0 radical (unpaired) electrons. The second-order valence-electron chi connectivity index (χ2n) is 0.698. The monoisotopic (exact) mass is 153 g/mol. The molecule has 0 bridgehead atoms. The van der Waals surface area contributed by atoms with Gasteiger partial charge >= 0.3 is 17.1 Å². The molecule has 0 atom stereocenters. The summed E-state index contributed by atoms with van der Waals surface area (Å²) in [6, 6.07) is 0. The minimum absolute atomic E-state index is 0. The Kier molecular flexibility index (Phi) is 8.39. The summed E-state index contributed by atoms with van der Waals surface area (Å²) < 4.78 is 0. The Balaban J connectivity index is 0. The van der Waals surface area contributed by atoms with E-state index in [0.717, 1.165) is 0 Å². The number of hydrogen-bond donors (Lipinski definition) is 1. The minimum Gasteiger partial charge on any atom is -0.560 e. The summed E-state index contributed by atoms with van der Waals surface area (Å²) >= 11 is 0. The molecule has 46 valence electrons. The van der Waals surface area contributed by atoms with Crippen LogP contribution in [0, 0.1) is 16.7 Å². The van der Waals surface area contributed by atoms with E-state index in [1.54, 1.807) is 0 Å². The van der Waals surface area contributed by atoms with Crippen molar-refractivity contribution in [2.45, 2.75) is 0 Å². The minimum atomic E-state index is -0.625. The molecule has 0 fully saturated rings. The van der Waals surface area contributed by atoms with E-state index in [1.807, 2.05) is 0 Å². The number of nitrogens with zero attached hydrogens (tertiary/aromatic N) is 1. The third kappa shape index (κ3) is 10.7. The Hall–Kier alpha value is -0.121. The summed E-state index contributed by atoms with van der Waals surface area (Å²) in [4.78, 5) is 8.59. The fourth-order valence-corrected chi connectivity index (χ4v) is 0.0667. The van der Waals surface area contributed by atoms with E-state index in [-0.39, 0.29) is 17.1 Å². The van der Waals surface area contributed by atoms with Crippen molar-refractivity contribution in [2.75, 3.05) is 6.54 Å². The van der Waals surface area contributed by atoms with E-state index < -0.39 is 11.5 Å². The molecule has 0 heterocycles. The van der Waals surface area contributed by atoms with E-state index >= 15 is 0 Å². The Labute approximate surface area is 51.1 Å². The van der Waals surface area contributed by atoms with Gasteiger partial charge in [-0.15, -0.1) is 6.61 Å². The normalized spacial score (nSPS) is 7.00. The van der Waals surface area contributed by atoms with Crippen LogP contribution in [0.2, 0.25) is 0 Å². The fraction of sp³-hybridized carbons (Fsp3) is 0.500. The van der Waals surface area contributed by atoms with Crippen LogP contribution in [0.15, 0.2) is 0 Å². The smallest absolute Gasteiger partial charge is 0.560 e. The van der Waals surface area contributed by atoms with Gasteiger partial charge in [0.05, 0.1) is 0 Å². The number of aliphatic hydroxyl groups excluding tert-OH is 1. The molecule has 0 rings (SSSR count). The number of nitro groups is 1. The van der Waals surface area contributed by atoms with Crippen molar-refractivity contribution in [1.29, 1.82) is 0 Å². The van der Waals surface area contributed by atoms with Crippen molar-refractivity contribution in [3.8, 4) is 0 Å². The molecule has 0 aliphatic heterocycles. The van der Waals surface area contributed by atoms with Gasteiger partial charge in [-0.25, -0.2) is 0 Å². The molecule has 0 saturated heterocycles. The fourth-order valence-electron chi connectivity index (χ4n) is 0.0667. The van der Waals surface area contributed by atoms with Crippen molar-refractivity contribution in [3.05, 3.63) is 16.7 Å². The van der Waals surface area contributed by atoms with Gasteiger partial charge in [-0.2, -0.15) is 0 Å². The number of rotatable bonds is 2. The molecule has 0 aliphatic rings. The molecule has 0 aliphatic carbocycles. The molecule has 0 unspecified atom stereocenters. The standard InChI is InChI=1S/C2H4NO3.Cu/c4-2-1-3(5)6;/h2,4H,1H2;/q-1;+1. The van der Waals surface area contributed by atoms with Gasteiger partial charge in [0, 0.05) is 0 Å². The third-order valence-electron chi connectivity index (χ3n) is 0.231. The third-order valence-corrected chi connectivity index (χ3v) is 0.231. The molecule has 0 amide bonds. The van der Waals surface area contributed by atoms with Crippen molar-refractivity contribution in [1.82, 2.24) is 0 Å². The van der Waals surface area contributed by atoms with Gasteiger partial charge in [-0.05, 0) is 4.92 Å². The average Bonchev–Trinajstić information content (AvgIpc) is 1.35. The van der Waals surface area contributed by atoms with Crippen LogP contribution in [0.5, 0.6) is 0 Å². The summed E-state index contributed by atoms with van der Waals surface area (Å²) in [5, 5.41) is 16.9. The predicted molar refractivity (Wildman–Crippen MR) is 18.1 cm³/mol. The van der Waals surface area contributed by atoms with Crippen LogP contribution in [0.3, 0.4) is 0 Å². The van der Waals surface area contributed by atoms with E-state index in [4.69, 9.17) is 5.11 Å². The molecule has 0 spiro atoms. The second-order valence-corrected chi connectivity index (χ2v) is 0.698. The molecule has 4 nitrogen and oxygen atoms in total. The quantitative estimate of drug-likeness (QED) is 0.259. The molecule has 0 aromatic carbocycles. The Morgan fingerprint density at radius 2 is 2.29 bits per heavy atom. The van der Waals surface area contributed by atoms with Crippen molar-refractivity contribution in [2.24, 2.45) is 0 Å². The first kappa shape index (κ1) is 9.99. The van der Waals surface area contributed by atoms with Crippen LogP contribution in [0.25, 0.3) is 0 Å². The number of aliphatic hydroxyl groups is 1. The molecule has 0 saturated carbocycles. The summed E-state index contributed by atoms with van der Waals surface area (Å²) in [7, 11) is 0. The molecule has 1 N–H and O–H groups in total. The summed E-state index contributed by atoms with van der Waals surface area (Å²) in [5.74, 6) is 0. The van der Waals surface area contributed by atoms with E-state index in [0.29, 0.717) is 6.61 Å². The molecule has 0 aromatic heterocycles. The van der Waals surface area contributed by atoms with Crippen LogP contribution >= 0.6 is 0 Å². The zero-order valence-electron chi connectivity index (χ0n) is 3.30. The molecular formula is C2H4CuNO3. The van der Waals surface area contributed by atoms with E-state index in [9.17, 15) is 10.1 Å². The summed E-state index contributed by atoms with van der Waals surface area (Å²) in [5.41, 5.74) is 0.